The molecule has 1 aromatic rings. The Labute approximate surface area is 110 Å². The number of hydrogen-bond acceptors (Lipinski definition) is 7. The quantitative estimate of drug-likeness (QED) is 0.619. The Morgan fingerprint density at radius 3 is 2.83 bits per heavy atom. The number of hydrogen-bond donors (Lipinski definition) is 1. The molecule has 1 rings (SSSR count). The third-order valence-electron chi connectivity index (χ3n) is 2.52. The van der Waals surface area contributed by atoms with Gasteiger partial charge in [-0.15, -0.1) is 0 Å². The van der Waals surface area contributed by atoms with Crippen molar-refractivity contribution in [2.24, 2.45) is 0 Å². The normalized spacial score (nSPS) is 12.2. The van der Waals surface area contributed by atoms with Gasteiger partial charge in [-0.2, -0.15) is 16.7 Å². The van der Waals surface area contributed by atoms with E-state index in [0.717, 1.165) is 17.7 Å². The number of thioether (sulfide) groups is 1. The van der Waals surface area contributed by atoms with E-state index in [1.165, 1.54) is 0 Å². The molecule has 0 spiro atoms. The Morgan fingerprint density at radius 2 is 2.33 bits per heavy atom. The second kappa shape index (κ2) is 6.39. The first-order valence-corrected chi connectivity index (χ1v) is 6.70. The highest BCUT2D eigenvalue weighted by Gasteiger charge is 2.18. The Bertz CT molecular complexity index is 429. The van der Waals surface area contributed by atoms with Crippen molar-refractivity contribution in [1.29, 1.82) is 0 Å². The third-order valence-corrected chi connectivity index (χ3v) is 3.65. The minimum atomic E-state index is -0.588. The van der Waals surface area contributed by atoms with E-state index in [2.05, 4.69) is 16.9 Å². The fourth-order valence-electron chi connectivity index (χ4n) is 1.29. The average molecular weight is 271 g/mol. The Balaban J connectivity index is 2.83. The van der Waals surface area contributed by atoms with Crippen LogP contribution in [0.4, 0.5) is 17.5 Å². The molecule has 7 nitrogen and oxygen atoms in total. The van der Waals surface area contributed by atoms with Gasteiger partial charge in [0.1, 0.15) is 6.20 Å². The van der Waals surface area contributed by atoms with Gasteiger partial charge in [0.2, 0.25) is 11.8 Å². The number of aromatic nitrogens is 2. The molecular weight excluding hydrogens is 254 g/mol. The molecule has 0 saturated carbocycles. The lowest BCUT2D eigenvalue weighted by atomic mass is 10.3. The number of nitrogens with two attached hydrogens (primary N) is 1. The first-order valence-electron chi connectivity index (χ1n) is 5.54. The van der Waals surface area contributed by atoms with Crippen molar-refractivity contribution in [3.8, 4) is 0 Å². The lowest BCUT2D eigenvalue weighted by Gasteiger charge is -2.24. The fraction of sp³-hybridized carbons (Fsp3) is 0.600. The van der Waals surface area contributed by atoms with E-state index in [1.54, 1.807) is 0 Å². The summed E-state index contributed by atoms with van der Waals surface area (Å²) in [6.07, 6.45) is 1.15. The average Bonchev–Trinajstić information content (AvgIpc) is 2.34. The number of nitrogens with zero attached hydrogens (tertiary/aromatic N) is 4. The standard InChI is InChI=1S/C10H17N5O2S/c1-4-18-6-7(2)14(3)10-12-5-8(15(16)17)9(11)13-10/h5,7H,4,6H2,1-3H3,(H2,11,12,13)/t7-/m1/s1. The molecule has 0 fully saturated rings. The molecule has 0 unspecified atom stereocenters. The SMILES string of the molecule is CCSC[C@@H](C)N(C)c1ncc([N+](=O)[O-])c(N)n1. The van der Waals surface area contributed by atoms with Crippen molar-refractivity contribution in [2.45, 2.75) is 19.9 Å². The molecule has 0 amide bonds. The first-order chi connectivity index (χ1) is 8.47. The van der Waals surface area contributed by atoms with Crippen LogP contribution in [-0.2, 0) is 0 Å². The van der Waals surface area contributed by atoms with Crippen molar-refractivity contribution in [3.63, 3.8) is 0 Å². The van der Waals surface area contributed by atoms with Gasteiger partial charge in [-0.25, -0.2) is 4.98 Å². The van der Waals surface area contributed by atoms with E-state index in [9.17, 15) is 10.1 Å². The van der Waals surface area contributed by atoms with E-state index in [1.807, 2.05) is 30.6 Å². The zero-order valence-corrected chi connectivity index (χ0v) is 11.5. The molecule has 0 aliphatic heterocycles. The molecule has 1 aromatic heterocycles. The van der Waals surface area contributed by atoms with Gasteiger partial charge in [-0.3, -0.25) is 10.1 Å². The first kappa shape index (κ1) is 14.5. The molecular formula is C10H17N5O2S. The molecule has 1 atom stereocenters. The van der Waals surface area contributed by atoms with Crippen molar-refractivity contribution >= 4 is 29.2 Å². The molecule has 0 radical (unpaired) electrons. The van der Waals surface area contributed by atoms with Crippen LogP contribution in [0, 0.1) is 10.1 Å². The van der Waals surface area contributed by atoms with E-state index in [4.69, 9.17) is 5.73 Å². The van der Waals surface area contributed by atoms with Gasteiger partial charge in [0, 0.05) is 18.8 Å². The van der Waals surface area contributed by atoms with Crippen LogP contribution in [0.1, 0.15) is 13.8 Å². The van der Waals surface area contributed by atoms with E-state index in [-0.39, 0.29) is 17.5 Å². The van der Waals surface area contributed by atoms with Crippen molar-refractivity contribution in [1.82, 2.24) is 9.97 Å². The minimum absolute atomic E-state index is 0.104. The Hall–Kier alpha value is -1.57. The summed E-state index contributed by atoms with van der Waals surface area (Å²) in [6, 6.07) is 0.232. The summed E-state index contributed by atoms with van der Waals surface area (Å²) in [4.78, 5) is 19.8. The number of nitro groups is 1. The van der Waals surface area contributed by atoms with Crippen LogP contribution in [0.2, 0.25) is 0 Å². The number of nitrogen functional groups attached to an aromatic ring is 1. The lowest BCUT2D eigenvalue weighted by molar-refractivity contribution is -0.384. The van der Waals surface area contributed by atoms with Crippen molar-refractivity contribution < 1.29 is 4.92 Å². The van der Waals surface area contributed by atoms with Gasteiger partial charge in [-0.05, 0) is 12.7 Å². The maximum atomic E-state index is 10.6. The monoisotopic (exact) mass is 271 g/mol. The van der Waals surface area contributed by atoms with Crippen LogP contribution in [0.15, 0.2) is 6.20 Å². The van der Waals surface area contributed by atoms with E-state index >= 15 is 0 Å². The molecule has 0 bridgehead atoms. The Morgan fingerprint density at radius 1 is 1.67 bits per heavy atom. The van der Waals surface area contributed by atoms with Crippen LogP contribution in [0.3, 0.4) is 0 Å². The van der Waals surface area contributed by atoms with Crippen LogP contribution in [0.5, 0.6) is 0 Å². The zero-order chi connectivity index (χ0) is 13.7. The maximum absolute atomic E-state index is 10.6. The van der Waals surface area contributed by atoms with Gasteiger partial charge in [0.15, 0.2) is 0 Å². The third kappa shape index (κ3) is 3.46. The van der Waals surface area contributed by atoms with Crippen LogP contribution >= 0.6 is 11.8 Å². The molecule has 0 saturated heterocycles. The van der Waals surface area contributed by atoms with Crippen LogP contribution in [-0.4, -0.2) is 39.5 Å². The van der Waals surface area contributed by atoms with Crippen molar-refractivity contribution in [2.75, 3.05) is 29.2 Å². The zero-order valence-electron chi connectivity index (χ0n) is 10.7. The topological polar surface area (TPSA) is 98.2 Å². The Kier molecular flexibility index (Phi) is 5.14. The summed E-state index contributed by atoms with van der Waals surface area (Å²) in [5.41, 5.74) is 5.27. The lowest BCUT2D eigenvalue weighted by Crippen LogP contribution is -2.32. The smallest absolute Gasteiger partial charge is 0.329 e. The summed E-state index contributed by atoms with van der Waals surface area (Å²) in [5, 5.41) is 10.6. The van der Waals surface area contributed by atoms with Gasteiger partial charge in [0.05, 0.1) is 4.92 Å². The van der Waals surface area contributed by atoms with E-state index in [0.29, 0.717) is 5.95 Å². The van der Waals surface area contributed by atoms with Gasteiger partial charge in [-0.1, -0.05) is 6.92 Å². The summed E-state index contributed by atoms with van der Waals surface area (Å²) in [7, 11) is 1.85. The van der Waals surface area contributed by atoms with Gasteiger partial charge >= 0.3 is 5.69 Å². The summed E-state index contributed by atoms with van der Waals surface area (Å²) >= 11 is 1.81. The van der Waals surface area contributed by atoms with Crippen LogP contribution in [0.25, 0.3) is 0 Å². The molecule has 8 heteroatoms. The number of rotatable bonds is 6. The summed E-state index contributed by atoms with van der Waals surface area (Å²) in [5.74, 6) is 2.28. The second-order valence-corrected chi connectivity index (χ2v) is 5.14. The second-order valence-electron chi connectivity index (χ2n) is 3.82. The highest BCUT2D eigenvalue weighted by atomic mass is 32.2. The molecule has 0 aliphatic carbocycles. The van der Waals surface area contributed by atoms with E-state index < -0.39 is 4.92 Å². The van der Waals surface area contributed by atoms with Crippen molar-refractivity contribution in [3.05, 3.63) is 16.3 Å². The predicted octanol–water partition coefficient (Wildman–Crippen LogP) is 1.54. The maximum Gasteiger partial charge on any atom is 0.329 e. The molecule has 100 valence electrons. The number of anilines is 2. The molecule has 2 N–H and O–H groups in total. The largest absolute Gasteiger partial charge is 0.378 e. The van der Waals surface area contributed by atoms with Gasteiger partial charge in [0.25, 0.3) is 0 Å². The fourth-order valence-corrected chi connectivity index (χ4v) is 2.09. The highest BCUT2D eigenvalue weighted by molar-refractivity contribution is 7.99. The summed E-state index contributed by atoms with van der Waals surface area (Å²) < 4.78 is 0. The predicted molar refractivity (Wildman–Crippen MR) is 74.0 cm³/mol. The minimum Gasteiger partial charge on any atom is -0.378 e. The molecule has 1 heterocycles. The molecule has 18 heavy (non-hydrogen) atoms. The highest BCUT2D eigenvalue weighted by Crippen LogP contribution is 2.21. The van der Waals surface area contributed by atoms with Gasteiger partial charge < -0.3 is 10.6 Å². The molecule has 0 aromatic carbocycles. The molecule has 0 aliphatic rings. The summed E-state index contributed by atoms with van der Waals surface area (Å²) in [6.45, 7) is 4.14. The van der Waals surface area contributed by atoms with Crippen LogP contribution < -0.4 is 10.6 Å².